The Balaban J connectivity index is 1.15. The number of carbonyl (C=O) groups is 2. The molecule has 1 amide bonds. The highest BCUT2D eigenvalue weighted by molar-refractivity contribution is 5.91. The Labute approximate surface area is 189 Å². The average molecular weight is 436 g/mol. The van der Waals surface area contributed by atoms with Crippen LogP contribution in [0.1, 0.15) is 67.2 Å². The maximum atomic E-state index is 12.6. The van der Waals surface area contributed by atoms with Crippen LogP contribution in [-0.2, 0) is 9.53 Å². The molecule has 4 aliphatic carbocycles. The van der Waals surface area contributed by atoms with Crippen molar-refractivity contribution in [3.63, 3.8) is 0 Å². The first-order valence-electron chi connectivity index (χ1n) is 11.9. The van der Waals surface area contributed by atoms with Gasteiger partial charge >= 0.3 is 5.97 Å². The molecule has 4 aliphatic rings. The van der Waals surface area contributed by atoms with E-state index < -0.39 is 5.97 Å². The molecule has 0 radical (unpaired) electrons. The second kappa shape index (κ2) is 8.05. The number of nitrogens with one attached hydrogen (secondary N) is 1. The number of amides is 1. The molecule has 1 aromatic heterocycles. The van der Waals surface area contributed by atoms with Crippen LogP contribution in [0.25, 0.3) is 5.69 Å². The van der Waals surface area contributed by atoms with Gasteiger partial charge in [-0.25, -0.2) is 9.48 Å². The second-order valence-electron chi connectivity index (χ2n) is 10.5. The van der Waals surface area contributed by atoms with Crippen LogP contribution in [0.3, 0.4) is 0 Å². The van der Waals surface area contributed by atoms with Crippen LogP contribution in [0.5, 0.6) is 0 Å². The molecule has 0 unspecified atom stereocenters. The number of ether oxygens (including phenoxy) is 1. The van der Waals surface area contributed by atoms with E-state index >= 15 is 0 Å². The largest absolute Gasteiger partial charge is 0.452 e. The van der Waals surface area contributed by atoms with E-state index in [0.717, 1.165) is 34.8 Å². The molecule has 6 rings (SSSR count). The first-order valence-corrected chi connectivity index (χ1v) is 11.9. The molecule has 6 heteroatoms. The van der Waals surface area contributed by atoms with Crippen LogP contribution >= 0.6 is 0 Å². The molecule has 0 aliphatic heterocycles. The van der Waals surface area contributed by atoms with Gasteiger partial charge in [0.25, 0.3) is 5.91 Å². The summed E-state index contributed by atoms with van der Waals surface area (Å²) in [6, 6.07) is 9.23. The predicted molar refractivity (Wildman–Crippen MR) is 122 cm³/mol. The Morgan fingerprint density at radius 2 is 1.69 bits per heavy atom. The van der Waals surface area contributed by atoms with Crippen molar-refractivity contribution < 1.29 is 14.3 Å². The molecule has 0 saturated heterocycles. The summed E-state index contributed by atoms with van der Waals surface area (Å²) in [5.74, 6) is 1.84. The zero-order chi connectivity index (χ0) is 22.5. The number of aromatic nitrogens is 2. The van der Waals surface area contributed by atoms with Crippen molar-refractivity contribution in [2.75, 3.05) is 6.61 Å². The highest BCUT2D eigenvalue weighted by Crippen LogP contribution is 2.61. The average Bonchev–Trinajstić information content (AvgIpc) is 3.09. The lowest BCUT2D eigenvalue weighted by atomic mass is 9.48. The minimum Gasteiger partial charge on any atom is -0.452 e. The van der Waals surface area contributed by atoms with Crippen molar-refractivity contribution in [1.29, 1.82) is 0 Å². The molecule has 2 aromatic rings. The predicted octanol–water partition coefficient (Wildman–Crippen LogP) is 4.37. The van der Waals surface area contributed by atoms with Crippen molar-refractivity contribution in [2.45, 2.75) is 65.3 Å². The van der Waals surface area contributed by atoms with Crippen LogP contribution in [0.2, 0.25) is 0 Å². The highest BCUT2D eigenvalue weighted by atomic mass is 16.5. The zero-order valence-electron chi connectivity index (χ0n) is 19.3. The number of carbonyl (C=O) groups excluding carboxylic acids is 2. The Morgan fingerprint density at radius 1 is 1.09 bits per heavy atom. The molecule has 170 valence electrons. The van der Waals surface area contributed by atoms with E-state index in [1.807, 2.05) is 36.7 Å². The van der Waals surface area contributed by atoms with E-state index in [1.165, 1.54) is 38.5 Å². The summed E-state index contributed by atoms with van der Waals surface area (Å²) < 4.78 is 7.15. The fourth-order valence-electron chi connectivity index (χ4n) is 6.99. The van der Waals surface area contributed by atoms with Gasteiger partial charge in [-0.3, -0.25) is 4.79 Å². The van der Waals surface area contributed by atoms with Crippen molar-refractivity contribution >= 4 is 11.9 Å². The lowest BCUT2D eigenvalue weighted by molar-refractivity contribution is -0.128. The number of rotatable bonds is 6. The van der Waals surface area contributed by atoms with Gasteiger partial charge in [-0.2, -0.15) is 5.10 Å². The monoisotopic (exact) mass is 435 g/mol. The molecule has 6 nitrogen and oxygen atoms in total. The summed E-state index contributed by atoms with van der Waals surface area (Å²) >= 11 is 0. The molecule has 4 saturated carbocycles. The van der Waals surface area contributed by atoms with Crippen LogP contribution < -0.4 is 5.32 Å². The molecule has 1 atom stereocenters. The molecule has 1 aromatic carbocycles. The van der Waals surface area contributed by atoms with Crippen molar-refractivity contribution in [2.24, 2.45) is 23.2 Å². The fraction of sp³-hybridized carbons (Fsp3) is 0.577. The van der Waals surface area contributed by atoms with Gasteiger partial charge in [0.15, 0.2) is 6.61 Å². The topological polar surface area (TPSA) is 73.2 Å². The first-order chi connectivity index (χ1) is 15.3. The number of hydrogen-bond acceptors (Lipinski definition) is 4. The highest BCUT2D eigenvalue weighted by Gasteiger charge is 2.53. The molecule has 1 N–H and O–H groups in total. The van der Waals surface area contributed by atoms with E-state index in [4.69, 9.17) is 4.74 Å². The number of hydrogen-bond donors (Lipinski definition) is 1. The summed E-state index contributed by atoms with van der Waals surface area (Å²) in [5, 5.41) is 7.61. The fourth-order valence-corrected chi connectivity index (χ4v) is 6.99. The number of nitrogens with zero attached hydrogens (tertiary/aromatic N) is 2. The van der Waals surface area contributed by atoms with Crippen molar-refractivity contribution in [3.8, 4) is 5.69 Å². The van der Waals surface area contributed by atoms with Crippen LogP contribution in [-0.4, -0.2) is 34.3 Å². The normalized spacial score (nSPS) is 29.0. The Kier molecular flexibility index (Phi) is 5.34. The van der Waals surface area contributed by atoms with Gasteiger partial charge in [-0.05, 0) is 113 Å². The van der Waals surface area contributed by atoms with Crippen LogP contribution in [0.15, 0.2) is 30.3 Å². The molecule has 32 heavy (non-hydrogen) atoms. The molecule has 0 spiro atoms. The Morgan fingerprint density at radius 3 is 2.22 bits per heavy atom. The summed E-state index contributed by atoms with van der Waals surface area (Å²) in [7, 11) is 0. The molecule has 4 bridgehead atoms. The minimum absolute atomic E-state index is 0.127. The summed E-state index contributed by atoms with van der Waals surface area (Å²) in [6.07, 6.45) is 7.87. The lowest BCUT2D eigenvalue weighted by Gasteiger charge is -2.59. The Bertz CT molecular complexity index is 988. The molecule has 1 heterocycles. The first kappa shape index (κ1) is 21.2. The van der Waals surface area contributed by atoms with Gasteiger partial charge in [0.2, 0.25) is 0 Å². The summed E-state index contributed by atoms with van der Waals surface area (Å²) in [4.78, 5) is 25.0. The van der Waals surface area contributed by atoms with Crippen molar-refractivity contribution in [3.05, 3.63) is 47.3 Å². The number of esters is 1. The third kappa shape index (κ3) is 3.96. The summed E-state index contributed by atoms with van der Waals surface area (Å²) in [6.45, 7) is 5.84. The van der Waals surface area contributed by atoms with E-state index in [2.05, 4.69) is 17.3 Å². The number of benzene rings is 1. The summed E-state index contributed by atoms with van der Waals surface area (Å²) in [5.41, 5.74) is 3.53. The van der Waals surface area contributed by atoms with E-state index in [1.54, 1.807) is 12.1 Å². The maximum Gasteiger partial charge on any atom is 0.338 e. The quantitative estimate of drug-likeness (QED) is 0.684. The second-order valence-corrected chi connectivity index (χ2v) is 10.5. The maximum absolute atomic E-state index is 12.6. The van der Waals surface area contributed by atoms with Crippen LogP contribution in [0, 0.1) is 37.0 Å². The van der Waals surface area contributed by atoms with Crippen molar-refractivity contribution in [1.82, 2.24) is 15.1 Å². The van der Waals surface area contributed by atoms with Gasteiger partial charge in [0, 0.05) is 11.7 Å². The van der Waals surface area contributed by atoms with E-state index in [-0.39, 0.29) is 24.0 Å². The minimum atomic E-state index is -0.484. The number of aryl methyl sites for hydroxylation is 2. The smallest absolute Gasteiger partial charge is 0.338 e. The van der Waals surface area contributed by atoms with Gasteiger partial charge < -0.3 is 10.1 Å². The van der Waals surface area contributed by atoms with E-state index in [9.17, 15) is 9.59 Å². The Hall–Kier alpha value is -2.63. The zero-order valence-corrected chi connectivity index (χ0v) is 19.3. The van der Waals surface area contributed by atoms with E-state index in [0.29, 0.717) is 5.56 Å². The third-order valence-corrected chi connectivity index (χ3v) is 8.07. The SMILES string of the molecule is Cc1cc(C)n(-c2ccc(C(=O)OCC(=O)N[C@H](C)C34CC5CC(CC(C5)C3)C4)cc2)n1. The molecular weight excluding hydrogens is 402 g/mol. The van der Waals surface area contributed by atoms with Gasteiger partial charge in [-0.1, -0.05) is 0 Å². The molecular formula is C26H33N3O3. The lowest BCUT2D eigenvalue weighted by Crippen LogP contribution is -2.56. The third-order valence-electron chi connectivity index (χ3n) is 8.07. The van der Waals surface area contributed by atoms with Gasteiger partial charge in [0.05, 0.1) is 16.9 Å². The standard InChI is InChI=1S/C26H33N3O3/c1-16-8-17(2)29(28-16)23-6-4-22(5-7-23)25(31)32-15-24(30)27-18(3)26-12-19-9-20(13-26)11-21(10-19)14-26/h4-8,18-21H,9-15H2,1-3H3,(H,27,30)/t18-,19?,20?,21?,26?/m1/s1. The van der Waals surface area contributed by atoms with Gasteiger partial charge in [-0.15, -0.1) is 0 Å². The van der Waals surface area contributed by atoms with Crippen LogP contribution in [0.4, 0.5) is 0 Å². The molecule has 4 fully saturated rings. The van der Waals surface area contributed by atoms with Gasteiger partial charge in [0.1, 0.15) is 0 Å².